The van der Waals surface area contributed by atoms with Gasteiger partial charge in [0.2, 0.25) is 0 Å². The minimum absolute atomic E-state index is 0.0114. The van der Waals surface area contributed by atoms with Crippen molar-refractivity contribution >= 4 is 22.9 Å². The van der Waals surface area contributed by atoms with Crippen molar-refractivity contribution in [1.29, 1.82) is 0 Å². The minimum Gasteiger partial charge on any atom is -0.486 e. The van der Waals surface area contributed by atoms with Gasteiger partial charge in [-0.2, -0.15) is 0 Å². The lowest BCUT2D eigenvalue weighted by Crippen LogP contribution is -2.34. The van der Waals surface area contributed by atoms with Gasteiger partial charge in [-0.25, -0.2) is 9.18 Å². The summed E-state index contributed by atoms with van der Waals surface area (Å²) >= 11 is 0. The molecule has 1 aromatic heterocycles. The molecule has 1 aromatic carbocycles. The van der Waals surface area contributed by atoms with Crippen molar-refractivity contribution in [3.05, 3.63) is 46.0 Å². The van der Waals surface area contributed by atoms with Gasteiger partial charge < -0.3 is 14.6 Å². The molecule has 24 heavy (non-hydrogen) atoms. The number of halogens is 1. The van der Waals surface area contributed by atoms with Gasteiger partial charge in [-0.3, -0.25) is 9.36 Å². The van der Waals surface area contributed by atoms with E-state index in [0.717, 1.165) is 0 Å². The number of aromatic nitrogens is 1. The summed E-state index contributed by atoms with van der Waals surface area (Å²) in [5.74, 6) is -1.21. The van der Waals surface area contributed by atoms with E-state index in [0.29, 0.717) is 10.9 Å². The molecule has 0 fully saturated rings. The van der Waals surface area contributed by atoms with Gasteiger partial charge in [0.15, 0.2) is 11.6 Å². The Labute approximate surface area is 136 Å². The number of pyridine rings is 1. The lowest BCUT2D eigenvalue weighted by molar-refractivity contribution is -0.137. The van der Waals surface area contributed by atoms with Crippen LogP contribution in [0.2, 0.25) is 0 Å². The summed E-state index contributed by atoms with van der Waals surface area (Å²) in [7, 11) is 0. The summed E-state index contributed by atoms with van der Waals surface area (Å²) in [4.78, 5) is 23.7. The summed E-state index contributed by atoms with van der Waals surface area (Å²) < 4.78 is 25.9. The molecular weight excluding hydrogens is 317 g/mol. The first-order chi connectivity index (χ1) is 11.6. The van der Waals surface area contributed by atoms with E-state index in [4.69, 9.17) is 9.47 Å². The molecule has 1 aliphatic rings. The van der Waals surface area contributed by atoms with Crippen LogP contribution in [0.15, 0.2) is 29.1 Å². The van der Waals surface area contributed by atoms with E-state index in [2.05, 4.69) is 0 Å². The van der Waals surface area contributed by atoms with Gasteiger partial charge in [-0.15, -0.1) is 0 Å². The second-order valence-corrected chi connectivity index (χ2v) is 5.31. The first kappa shape index (κ1) is 16.2. The number of carbonyl (C=O) groups excluding carboxylic acids is 1. The van der Waals surface area contributed by atoms with Crippen molar-refractivity contribution in [2.45, 2.75) is 13.0 Å². The van der Waals surface area contributed by atoms with Crippen LogP contribution in [0, 0.1) is 5.82 Å². The number of hydrogen-bond acceptors (Lipinski definition) is 5. The standard InChI is InChI=1S/C17H16FNO5/c1-2-23-15(22)6-3-10-7-13(18)17-16-12(10)4-5-14(21)19(16)11(8-20)9-24-17/h3-7,11,20H,2,8-9H2,1H3/b6-3+/t11-/m1/s1. The van der Waals surface area contributed by atoms with E-state index in [1.54, 1.807) is 13.0 Å². The molecule has 2 heterocycles. The van der Waals surface area contributed by atoms with E-state index < -0.39 is 17.8 Å². The maximum absolute atomic E-state index is 14.4. The van der Waals surface area contributed by atoms with E-state index in [-0.39, 0.29) is 36.6 Å². The SMILES string of the molecule is CCOC(=O)/C=C/c1cc(F)c2c3c1ccc(=O)n3[C@H](CO)CO2. The fourth-order valence-electron chi connectivity index (χ4n) is 2.79. The van der Waals surface area contributed by atoms with Crippen LogP contribution in [0.3, 0.4) is 0 Å². The molecule has 0 unspecified atom stereocenters. The van der Waals surface area contributed by atoms with Gasteiger partial charge >= 0.3 is 5.97 Å². The molecule has 0 amide bonds. The normalized spacial score (nSPS) is 16.4. The highest BCUT2D eigenvalue weighted by Crippen LogP contribution is 2.36. The van der Waals surface area contributed by atoms with Crippen LogP contribution < -0.4 is 10.3 Å². The fraction of sp³-hybridized carbons (Fsp3) is 0.294. The third-order valence-electron chi connectivity index (χ3n) is 3.83. The average Bonchev–Trinajstić information content (AvgIpc) is 2.58. The summed E-state index contributed by atoms with van der Waals surface area (Å²) in [5.41, 5.74) is 0.337. The summed E-state index contributed by atoms with van der Waals surface area (Å²) in [6.45, 7) is 1.63. The molecule has 3 rings (SSSR count). The molecule has 0 spiro atoms. The quantitative estimate of drug-likeness (QED) is 0.680. The molecule has 2 aromatic rings. The van der Waals surface area contributed by atoms with Gasteiger partial charge in [-0.1, -0.05) is 0 Å². The number of esters is 1. The predicted octanol–water partition coefficient (Wildman–Crippen LogP) is 1.64. The molecule has 1 aliphatic heterocycles. The molecule has 0 saturated carbocycles. The summed E-state index contributed by atoms with van der Waals surface area (Å²) in [6.07, 6.45) is 2.63. The second kappa shape index (κ2) is 6.45. The number of carbonyl (C=O) groups is 1. The van der Waals surface area contributed by atoms with E-state index in [1.165, 1.54) is 28.9 Å². The molecule has 7 heteroatoms. The largest absolute Gasteiger partial charge is 0.486 e. The Morgan fingerprint density at radius 3 is 3.04 bits per heavy atom. The van der Waals surface area contributed by atoms with Gasteiger partial charge in [0.25, 0.3) is 5.56 Å². The molecular formula is C17H16FNO5. The fourth-order valence-corrected chi connectivity index (χ4v) is 2.79. The maximum atomic E-state index is 14.4. The number of aliphatic hydroxyl groups excluding tert-OH is 1. The van der Waals surface area contributed by atoms with Crippen LogP contribution in [-0.2, 0) is 9.53 Å². The monoisotopic (exact) mass is 333 g/mol. The number of ether oxygens (including phenoxy) is 2. The van der Waals surface area contributed by atoms with E-state index in [9.17, 15) is 19.1 Å². The Kier molecular flexibility index (Phi) is 4.35. The highest BCUT2D eigenvalue weighted by molar-refractivity contribution is 5.96. The Morgan fingerprint density at radius 2 is 2.33 bits per heavy atom. The minimum atomic E-state index is -0.637. The van der Waals surface area contributed by atoms with Crippen LogP contribution in [0.4, 0.5) is 4.39 Å². The Balaban J connectivity index is 2.23. The van der Waals surface area contributed by atoms with Crippen LogP contribution in [0.5, 0.6) is 5.75 Å². The lowest BCUT2D eigenvalue weighted by Gasteiger charge is -2.27. The lowest BCUT2D eigenvalue weighted by atomic mass is 10.0. The number of aliphatic hydroxyl groups is 1. The van der Waals surface area contributed by atoms with Crippen LogP contribution in [0.25, 0.3) is 17.0 Å². The van der Waals surface area contributed by atoms with Crippen molar-refractivity contribution in [3.8, 4) is 5.75 Å². The molecule has 0 radical (unpaired) electrons. The topological polar surface area (TPSA) is 77.8 Å². The number of nitrogens with zero attached hydrogens (tertiary/aromatic N) is 1. The van der Waals surface area contributed by atoms with Crippen LogP contribution in [-0.4, -0.2) is 35.5 Å². The Hall–Kier alpha value is -2.67. The summed E-state index contributed by atoms with van der Waals surface area (Å²) in [5, 5.41) is 10.0. The third kappa shape index (κ3) is 2.67. The average molecular weight is 333 g/mol. The highest BCUT2D eigenvalue weighted by Gasteiger charge is 2.26. The van der Waals surface area contributed by atoms with Gasteiger partial charge in [-0.05, 0) is 30.7 Å². The van der Waals surface area contributed by atoms with Crippen molar-refractivity contribution < 1.29 is 23.8 Å². The number of rotatable bonds is 4. The molecule has 6 nitrogen and oxygen atoms in total. The van der Waals surface area contributed by atoms with Gasteiger partial charge in [0.05, 0.1) is 24.8 Å². The maximum Gasteiger partial charge on any atom is 0.330 e. The Morgan fingerprint density at radius 1 is 1.54 bits per heavy atom. The molecule has 0 aliphatic carbocycles. The first-order valence-electron chi connectivity index (χ1n) is 7.53. The van der Waals surface area contributed by atoms with Crippen molar-refractivity contribution in [2.75, 3.05) is 19.8 Å². The number of benzene rings is 1. The highest BCUT2D eigenvalue weighted by atomic mass is 19.1. The zero-order chi connectivity index (χ0) is 17.3. The zero-order valence-electron chi connectivity index (χ0n) is 13.0. The van der Waals surface area contributed by atoms with E-state index in [1.807, 2.05) is 0 Å². The zero-order valence-corrected chi connectivity index (χ0v) is 13.0. The smallest absolute Gasteiger partial charge is 0.330 e. The molecule has 0 bridgehead atoms. The van der Waals surface area contributed by atoms with E-state index >= 15 is 0 Å². The molecule has 126 valence electrons. The van der Waals surface area contributed by atoms with Crippen molar-refractivity contribution in [1.82, 2.24) is 4.57 Å². The number of hydrogen-bond donors (Lipinski definition) is 1. The van der Waals surface area contributed by atoms with Gasteiger partial charge in [0, 0.05) is 17.5 Å². The Bertz CT molecular complexity index is 887. The molecule has 1 atom stereocenters. The summed E-state index contributed by atoms with van der Waals surface area (Å²) in [6, 6.07) is 3.55. The predicted molar refractivity (Wildman–Crippen MR) is 85.5 cm³/mol. The van der Waals surface area contributed by atoms with Gasteiger partial charge in [0.1, 0.15) is 6.61 Å². The van der Waals surface area contributed by atoms with Crippen molar-refractivity contribution in [3.63, 3.8) is 0 Å². The first-order valence-corrected chi connectivity index (χ1v) is 7.53. The molecule has 0 saturated heterocycles. The molecule has 1 N–H and O–H groups in total. The van der Waals surface area contributed by atoms with Crippen LogP contribution >= 0.6 is 0 Å². The van der Waals surface area contributed by atoms with Crippen molar-refractivity contribution in [2.24, 2.45) is 0 Å². The third-order valence-corrected chi connectivity index (χ3v) is 3.83. The second-order valence-electron chi connectivity index (χ2n) is 5.31. The van der Waals surface area contributed by atoms with Crippen LogP contribution in [0.1, 0.15) is 18.5 Å².